The van der Waals surface area contributed by atoms with Crippen LogP contribution in [0.2, 0.25) is 0 Å². The Morgan fingerprint density at radius 1 is 1.57 bits per heavy atom. The molecule has 14 heavy (non-hydrogen) atoms. The molecule has 0 amide bonds. The summed E-state index contributed by atoms with van der Waals surface area (Å²) in [6.45, 7) is 7.17. The molecule has 1 unspecified atom stereocenters. The summed E-state index contributed by atoms with van der Waals surface area (Å²) in [6.07, 6.45) is 0. The van der Waals surface area contributed by atoms with Gasteiger partial charge >= 0.3 is 0 Å². The van der Waals surface area contributed by atoms with Crippen LogP contribution in [0.4, 0.5) is 0 Å². The Labute approximate surface area is 85.1 Å². The summed E-state index contributed by atoms with van der Waals surface area (Å²) in [5.74, 6) is 5.59. The number of hydrogen-bond donors (Lipinski definition) is 2. The van der Waals surface area contributed by atoms with Crippen molar-refractivity contribution in [2.45, 2.75) is 19.9 Å². The normalized spacial score (nSPS) is 22.4. The third-order valence-corrected chi connectivity index (χ3v) is 1.91. The van der Waals surface area contributed by atoms with Crippen molar-refractivity contribution in [3.05, 3.63) is 0 Å². The van der Waals surface area contributed by atoms with Gasteiger partial charge in [-0.1, -0.05) is 11.1 Å². The molecular weight excluding hydrogens is 178 g/mol. The SMILES string of the molecule is CC#C/C(C)=N\OCC1CNCCN1. The van der Waals surface area contributed by atoms with Gasteiger partial charge in [0, 0.05) is 19.6 Å². The van der Waals surface area contributed by atoms with Crippen LogP contribution in [-0.2, 0) is 4.84 Å². The van der Waals surface area contributed by atoms with Gasteiger partial charge in [-0.05, 0) is 19.8 Å². The first-order valence-corrected chi connectivity index (χ1v) is 4.86. The molecular formula is C10H17N3O. The molecule has 1 heterocycles. The average Bonchev–Trinajstić information content (AvgIpc) is 2.20. The second-order valence-electron chi connectivity index (χ2n) is 3.20. The Morgan fingerprint density at radius 3 is 3.07 bits per heavy atom. The van der Waals surface area contributed by atoms with Crippen LogP contribution in [0, 0.1) is 11.8 Å². The lowest BCUT2D eigenvalue weighted by molar-refractivity contribution is 0.114. The second-order valence-corrected chi connectivity index (χ2v) is 3.20. The summed E-state index contributed by atoms with van der Waals surface area (Å²) in [4.78, 5) is 5.17. The maximum absolute atomic E-state index is 5.17. The van der Waals surface area contributed by atoms with E-state index in [1.54, 1.807) is 6.92 Å². The number of oxime groups is 1. The molecule has 0 aromatic carbocycles. The van der Waals surface area contributed by atoms with Crippen molar-refractivity contribution in [3.63, 3.8) is 0 Å². The number of rotatable bonds is 3. The predicted molar refractivity (Wildman–Crippen MR) is 57.2 cm³/mol. The molecule has 0 bridgehead atoms. The van der Waals surface area contributed by atoms with Gasteiger partial charge in [-0.15, -0.1) is 0 Å². The third kappa shape index (κ3) is 4.26. The highest BCUT2D eigenvalue weighted by Gasteiger charge is 2.11. The molecule has 1 aliphatic heterocycles. The number of nitrogens with one attached hydrogen (secondary N) is 2. The van der Waals surface area contributed by atoms with Gasteiger partial charge in [0.1, 0.15) is 12.3 Å². The van der Waals surface area contributed by atoms with Crippen molar-refractivity contribution in [3.8, 4) is 11.8 Å². The van der Waals surface area contributed by atoms with Crippen molar-refractivity contribution in [1.82, 2.24) is 10.6 Å². The number of piperazine rings is 1. The molecule has 1 aliphatic rings. The lowest BCUT2D eigenvalue weighted by Crippen LogP contribution is -2.50. The van der Waals surface area contributed by atoms with Crippen LogP contribution >= 0.6 is 0 Å². The molecule has 1 rings (SSSR count). The van der Waals surface area contributed by atoms with Crippen molar-refractivity contribution in [1.29, 1.82) is 0 Å². The van der Waals surface area contributed by atoms with Gasteiger partial charge in [-0.3, -0.25) is 0 Å². The highest BCUT2D eigenvalue weighted by Crippen LogP contribution is 1.90. The largest absolute Gasteiger partial charge is 0.393 e. The van der Waals surface area contributed by atoms with Gasteiger partial charge in [-0.25, -0.2) is 0 Å². The smallest absolute Gasteiger partial charge is 0.133 e. The Kier molecular flexibility index (Phi) is 5.05. The van der Waals surface area contributed by atoms with E-state index < -0.39 is 0 Å². The monoisotopic (exact) mass is 195 g/mol. The quantitative estimate of drug-likeness (QED) is 0.377. The van der Waals surface area contributed by atoms with Crippen LogP contribution in [0.1, 0.15) is 13.8 Å². The standard InChI is InChI=1S/C10H17N3O/c1-3-4-9(2)13-14-8-10-7-11-5-6-12-10/h10-12H,5-8H2,1-2H3/b13-9-. The van der Waals surface area contributed by atoms with Crippen LogP contribution < -0.4 is 10.6 Å². The molecule has 1 saturated heterocycles. The molecule has 0 saturated carbocycles. The van der Waals surface area contributed by atoms with E-state index >= 15 is 0 Å². The number of nitrogens with zero attached hydrogens (tertiary/aromatic N) is 1. The summed E-state index contributed by atoms with van der Waals surface area (Å²) >= 11 is 0. The van der Waals surface area contributed by atoms with E-state index in [-0.39, 0.29) is 0 Å². The zero-order valence-corrected chi connectivity index (χ0v) is 8.76. The summed E-state index contributed by atoms with van der Waals surface area (Å²) in [5.41, 5.74) is 0.719. The zero-order chi connectivity index (χ0) is 10.2. The van der Waals surface area contributed by atoms with E-state index in [4.69, 9.17) is 4.84 Å². The molecule has 0 aliphatic carbocycles. The summed E-state index contributed by atoms with van der Waals surface area (Å²) < 4.78 is 0. The minimum Gasteiger partial charge on any atom is -0.393 e. The Morgan fingerprint density at radius 2 is 2.43 bits per heavy atom. The molecule has 1 fully saturated rings. The van der Waals surface area contributed by atoms with E-state index in [1.807, 2.05) is 6.92 Å². The van der Waals surface area contributed by atoms with Crippen LogP contribution in [0.15, 0.2) is 5.16 Å². The first kappa shape index (κ1) is 11.0. The fourth-order valence-electron chi connectivity index (χ4n) is 1.26. The highest BCUT2D eigenvalue weighted by molar-refractivity contribution is 5.97. The van der Waals surface area contributed by atoms with Crippen LogP contribution in [-0.4, -0.2) is 38.0 Å². The first-order chi connectivity index (χ1) is 6.83. The molecule has 0 aromatic rings. The molecule has 0 spiro atoms. The van der Waals surface area contributed by atoms with Gasteiger partial charge in [0.25, 0.3) is 0 Å². The average molecular weight is 195 g/mol. The van der Waals surface area contributed by atoms with Crippen LogP contribution in [0.5, 0.6) is 0 Å². The first-order valence-electron chi connectivity index (χ1n) is 4.86. The molecule has 0 radical (unpaired) electrons. The highest BCUT2D eigenvalue weighted by atomic mass is 16.6. The maximum Gasteiger partial charge on any atom is 0.133 e. The van der Waals surface area contributed by atoms with E-state index in [2.05, 4.69) is 27.6 Å². The van der Waals surface area contributed by atoms with Crippen molar-refractivity contribution < 1.29 is 4.84 Å². The fraction of sp³-hybridized carbons (Fsp3) is 0.700. The predicted octanol–water partition coefficient (Wildman–Crippen LogP) is -0.0364. The lowest BCUT2D eigenvalue weighted by atomic mass is 10.2. The van der Waals surface area contributed by atoms with Crippen molar-refractivity contribution >= 4 is 5.71 Å². The van der Waals surface area contributed by atoms with Crippen LogP contribution in [0.3, 0.4) is 0 Å². The van der Waals surface area contributed by atoms with Crippen LogP contribution in [0.25, 0.3) is 0 Å². The van der Waals surface area contributed by atoms with Gasteiger partial charge in [0.2, 0.25) is 0 Å². The molecule has 4 nitrogen and oxygen atoms in total. The molecule has 78 valence electrons. The van der Waals surface area contributed by atoms with Gasteiger partial charge < -0.3 is 15.5 Å². The van der Waals surface area contributed by atoms with Gasteiger partial charge in [0.05, 0.1) is 6.04 Å². The van der Waals surface area contributed by atoms with E-state index in [0.29, 0.717) is 12.6 Å². The molecule has 4 heteroatoms. The van der Waals surface area contributed by atoms with Gasteiger partial charge in [0.15, 0.2) is 0 Å². The van der Waals surface area contributed by atoms with Gasteiger partial charge in [-0.2, -0.15) is 0 Å². The second kappa shape index (κ2) is 6.41. The fourth-order valence-corrected chi connectivity index (χ4v) is 1.26. The van der Waals surface area contributed by atoms with E-state index in [1.165, 1.54) is 0 Å². The third-order valence-electron chi connectivity index (χ3n) is 1.91. The van der Waals surface area contributed by atoms with E-state index in [0.717, 1.165) is 25.3 Å². The molecule has 2 N–H and O–H groups in total. The zero-order valence-electron chi connectivity index (χ0n) is 8.76. The van der Waals surface area contributed by atoms with Crippen molar-refractivity contribution in [2.24, 2.45) is 5.16 Å². The molecule has 1 atom stereocenters. The maximum atomic E-state index is 5.17. The Bertz CT molecular complexity index is 246. The molecule has 0 aromatic heterocycles. The Balaban J connectivity index is 2.18. The summed E-state index contributed by atoms with van der Waals surface area (Å²) in [5, 5.41) is 10.5. The summed E-state index contributed by atoms with van der Waals surface area (Å²) in [7, 11) is 0. The Hall–Kier alpha value is -1.05. The van der Waals surface area contributed by atoms with E-state index in [9.17, 15) is 0 Å². The number of hydrogen-bond acceptors (Lipinski definition) is 4. The summed E-state index contributed by atoms with van der Waals surface area (Å²) in [6, 6.07) is 0.356. The van der Waals surface area contributed by atoms with Crippen molar-refractivity contribution in [2.75, 3.05) is 26.2 Å². The minimum absolute atomic E-state index is 0.356. The lowest BCUT2D eigenvalue weighted by Gasteiger charge is -2.22. The minimum atomic E-state index is 0.356. The topological polar surface area (TPSA) is 45.6 Å².